The summed E-state index contributed by atoms with van der Waals surface area (Å²) in [4.78, 5) is 12.6. The Bertz CT molecular complexity index is 1470. The van der Waals surface area contributed by atoms with Crippen molar-refractivity contribution < 1.29 is 22.1 Å². The van der Waals surface area contributed by atoms with Crippen molar-refractivity contribution in [1.82, 2.24) is 5.43 Å². The molecule has 0 heterocycles. The van der Waals surface area contributed by atoms with Crippen molar-refractivity contribution in [1.29, 1.82) is 0 Å². The van der Waals surface area contributed by atoms with Gasteiger partial charge in [0.05, 0.1) is 13.3 Å². The molecule has 0 unspecified atom stereocenters. The van der Waals surface area contributed by atoms with Crippen LogP contribution in [0.5, 0.6) is 11.5 Å². The second-order valence-electron chi connectivity index (χ2n) is 7.49. The Labute approximate surface area is 197 Å². The number of ether oxygens (including phenoxy) is 1. The fraction of sp³-hybridized carbons (Fsp3) is 0.0769. The third-order valence-corrected chi connectivity index (χ3v) is 6.36. The number of carbonyl (C=O) groups is 1. The zero-order chi connectivity index (χ0) is 24.1. The number of hydrazone groups is 1. The number of rotatable bonds is 7. The van der Waals surface area contributed by atoms with E-state index >= 15 is 0 Å². The minimum atomic E-state index is -4.02. The topological polar surface area (TPSA) is 94.1 Å². The molecule has 4 rings (SSSR count). The summed E-state index contributed by atoms with van der Waals surface area (Å²) in [5, 5.41) is 5.81. The molecule has 0 aliphatic rings. The van der Waals surface area contributed by atoms with Gasteiger partial charge in [-0.25, -0.2) is 5.43 Å². The van der Waals surface area contributed by atoms with Gasteiger partial charge in [0.2, 0.25) is 0 Å². The Kier molecular flexibility index (Phi) is 6.60. The summed E-state index contributed by atoms with van der Waals surface area (Å²) in [6, 6.07) is 24.1. The molecule has 34 heavy (non-hydrogen) atoms. The van der Waals surface area contributed by atoms with E-state index in [1.165, 1.54) is 31.5 Å². The highest BCUT2D eigenvalue weighted by molar-refractivity contribution is 7.87. The van der Waals surface area contributed by atoms with Crippen LogP contribution in [0.4, 0.5) is 0 Å². The Morgan fingerprint density at radius 2 is 1.65 bits per heavy atom. The highest BCUT2D eigenvalue weighted by Crippen LogP contribution is 2.30. The van der Waals surface area contributed by atoms with Crippen LogP contribution in [0.2, 0.25) is 0 Å². The molecule has 0 aliphatic heterocycles. The summed E-state index contributed by atoms with van der Waals surface area (Å²) in [5.74, 6) is -0.0933. The van der Waals surface area contributed by atoms with Crippen molar-refractivity contribution >= 4 is 33.0 Å². The maximum absolute atomic E-state index is 12.6. The molecule has 4 aromatic carbocycles. The van der Waals surface area contributed by atoms with Crippen LogP contribution >= 0.6 is 0 Å². The van der Waals surface area contributed by atoms with Gasteiger partial charge in [0.1, 0.15) is 4.90 Å². The summed E-state index contributed by atoms with van der Waals surface area (Å²) in [7, 11) is -2.62. The fourth-order valence-electron chi connectivity index (χ4n) is 3.35. The number of hydrogen-bond acceptors (Lipinski definition) is 6. The number of nitrogens with one attached hydrogen (secondary N) is 1. The minimum Gasteiger partial charge on any atom is -0.493 e. The van der Waals surface area contributed by atoms with Gasteiger partial charge in [-0.2, -0.15) is 13.5 Å². The normalized spacial score (nSPS) is 11.5. The van der Waals surface area contributed by atoms with E-state index in [-0.39, 0.29) is 22.3 Å². The van der Waals surface area contributed by atoms with Gasteiger partial charge >= 0.3 is 10.1 Å². The van der Waals surface area contributed by atoms with Gasteiger partial charge in [-0.3, -0.25) is 4.79 Å². The number of carbonyl (C=O) groups excluding carboxylic acids is 1. The molecule has 0 fully saturated rings. The number of nitrogens with zero attached hydrogens (tertiary/aromatic N) is 1. The Morgan fingerprint density at radius 1 is 0.912 bits per heavy atom. The monoisotopic (exact) mass is 474 g/mol. The predicted octanol–water partition coefficient (Wildman–Crippen LogP) is 4.69. The number of hydrogen-bond donors (Lipinski definition) is 1. The van der Waals surface area contributed by atoms with Gasteiger partial charge in [-0.1, -0.05) is 54.1 Å². The molecule has 0 aliphatic carbocycles. The molecule has 7 nitrogen and oxygen atoms in total. The molecule has 8 heteroatoms. The molecule has 0 spiro atoms. The zero-order valence-electron chi connectivity index (χ0n) is 18.6. The summed E-state index contributed by atoms with van der Waals surface area (Å²) in [5.41, 5.74) is 4.55. The van der Waals surface area contributed by atoms with Crippen LogP contribution in [-0.4, -0.2) is 27.6 Å². The third-order valence-electron chi connectivity index (χ3n) is 5.11. The van der Waals surface area contributed by atoms with Crippen LogP contribution < -0.4 is 14.3 Å². The van der Waals surface area contributed by atoms with Crippen LogP contribution in [0.1, 0.15) is 21.5 Å². The summed E-state index contributed by atoms with van der Waals surface area (Å²) in [6.45, 7) is 1.87. The first-order chi connectivity index (χ1) is 16.4. The van der Waals surface area contributed by atoms with Crippen molar-refractivity contribution in [2.45, 2.75) is 11.8 Å². The maximum atomic E-state index is 12.6. The average molecular weight is 475 g/mol. The molecule has 0 saturated heterocycles. The van der Waals surface area contributed by atoms with Crippen LogP contribution in [0.15, 0.2) is 94.9 Å². The van der Waals surface area contributed by atoms with Gasteiger partial charge in [0.15, 0.2) is 11.5 Å². The highest BCUT2D eigenvalue weighted by atomic mass is 32.2. The second kappa shape index (κ2) is 9.76. The summed E-state index contributed by atoms with van der Waals surface area (Å²) >= 11 is 0. The first kappa shape index (κ1) is 23.0. The second-order valence-corrected chi connectivity index (χ2v) is 9.03. The van der Waals surface area contributed by atoms with Gasteiger partial charge in [-0.15, -0.1) is 0 Å². The smallest absolute Gasteiger partial charge is 0.339 e. The molecule has 1 N–H and O–H groups in total. The molecular formula is C26H22N2O5S. The molecule has 0 aromatic heterocycles. The lowest BCUT2D eigenvalue weighted by Crippen LogP contribution is -2.17. The van der Waals surface area contributed by atoms with E-state index in [1.54, 1.807) is 30.3 Å². The third kappa shape index (κ3) is 5.07. The minimum absolute atomic E-state index is 0.0417. The molecule has 0 saturated carbocycles. The van der Waals surface area contributed by atoms with E-state index in [1.807, 2.05) is 43.3 Å². The zero-order valence-corrected chi connectivity index (χ0v) is 19.4. The first-order valence-electron chi connectivity index (χ1n) is 10.4. The quantitative estimate of drug-likeness (QED) is 0.238. The van der Waals surface area contributed by atoms with Crippen molar-refractivity contribution in [3.05, 3.63) is 102 Å². The maximum Gasteiger partial charge on any atom is 0.339 e. The van der Waals surface area contributed by atoms with E-state index in [0.29, 0.717) is 11.1 Å². The van der Waals surface area contributed by atoms with E-state index in [9.17, 15) is 13.2 Å². The van der Waals surface area contributed by atoms with Crippen LogP contribution in [0, 0.1) is 6.92 Å². The first-order valence-corrected chi connectivity index (χ1v) is 11.8. The molecule has 172 valence electrons. The largest absolute Gasteiger partial charge is 0.493 e. The fourth-order valence-corrected chi connectivity index (χ4v) is 4.29. The van der Waals surface area contributed by atoms with E-state index in [2.05, 4.69) is 10.5 Å². The molecular weight excluding hydrogens is 452 g/mol. The lowest BCUT2D eigenvalue weighted by molar-refractivity contribution is 0.0956. The van der Waals surface area contributed by atoms with E-state index < -0.39 is 10.1 Å². The Morgan fingerprint density at radius 3 is 2.41 bits per heavy atom. The molecule has 4 aromatic rings. The van der Waals surface area contributed by atoms with Crippen molar-refractivity contribution in [3.8, 4) is 11.5 Å². The number of fused-ring (bicyclic) bond motifs is 1. The van der Waals surface area contributed by atoms with Gasteiger partial charge in [0.25, 0.3) is 5.91 Å². The van der Waals surface area contributed by atoms with Gasteiger partial charge in [0, 0.05) is 5.56 Å². The summed E-state index contributed by atoms with van der Waals surface area (Å²) in [6.07, 6.45) is 1.43. The Balaban J connectivity index is 1.49. The average Bonchev–Trinajstić information content (AvgIpc) is 2.84. The van der Waals surface area contributed by atoms with Gasteiger partial charge < -0.3 is 8.92 Å². The SMILES string of the molecule is COc1cc(C=NNC(=O)c2cccc3ccccc23)ccc1OS(=O)(=O)c1ccc(C)cc1. The molecule has 1 amide bonds. The Hall–Kier alpha value is -4.17. The number of benzene rings is 4. The van der Waals surface area contributed by atoms with Gasteiger partial charge in [-0.05, 0) is 59.7 Å². The molecule has 0 bridgehead atoms. The van der Waals surface area contributed by atoms with Crippen LogP contribution in [0.3, 0.4) is 0 Å². The molecule has 0 atom stereocenters. The highest BCUT2D eigenvalue weighted by Gasteiger charge is 2.19. The lowest BCUT2D eigenvalue weighted by atomic mass is 10.0. The van der Waals surface area contributed by atoms with Crippen molar-refractivity contribution in [2.75, 3.05) is 7.11 Å². The predicted molar refractivity (Wildman–Crippen MR) is 131 cm³/mol. The number of amides is 1. The number of methoxy groups -OCH3 is 1. The summed E-state index contributed by atoms with van der Waals surface area (Å²) < 4.78 is 35.8. The standard InChI is InChI=1S/C26H22N2O5S/c1-18-10-13-21(14-11-18)34(30,31)33-24-15-12-19(16-25(24)32-2)17-27-28-26(29)23-9-5-7-20-6-3-4-8-22(20)23/h3-17H,1-2H3,(H,28,29). The lowest BCUT2D eigenvalue weighted by Gasteiger charge is -2.11. The van der Waals surface area contributed by atoms with E-state index in [0.717, 1.165) is 16.3 Å². The van der Waals surface area contributed by atoms with Crippen molar-refractivity contribution in [3.63, 3.8) is 0 Å². The number of aryl methyl sites for hydroxylation is 1. The van der Waals surface area contributed by atoms with Crippen LogP contribution in [0.25, 0.3) is 10.8 Å². The van der Waals surface area contributed by atoms with Crippen molar-refractivity contribution in [2.24, 2.45) is 5.10 Å². The van der Waals surface area contributed by atoms with E-state index in [4.69, 9.17) is 8.92 Å². The van der Waals surface area contributed by atoms with Crippen LogP contribution in [-0.2, 0) is 10.1 Å². The molecule has 0 radical (unpaired) electrons.